The normalized spacial score (nSPS) is 16.1. The molecular weight excluding hydrogens is 245 g/mol. The Morgan fingerprint density at radius 1 is 1.53 bits per heavy atom. The molecule has 0 spiro atoms. The molecule has 1 aliphatic rings. The van der Waals surface area contributed by atoms with Gasteiger partial charge in [-0.3, -0.25) is 4.90 Å². The van der Waals surface area contributed by atoms with Crippen molar-refractivity contribution in [2.45, 2.75) is 38.8 Å². The Labute approximate surface area is 112 Å². The van der Waals surface area contributed by atoms with E-state index in [1.165, 1.54) is 18.9 Å². The lowest BCUT2D eigenvalue weighted by molar-refractivity contribution is 0.258. The van der Waals surface area contributed by atoms with Gasteiger partial charge in [-0.2, -0.15) is 0 Å². The van der Waals surface area contributed by atoms with Gasteiger partial charge in [-0.05, 0) is 43.0 Å². The number of nitrogens with zero attached hydrogens (tertiary/aromatic N) is 2. The van der Waals surface area contributed by atoms with Crippen molar-refractivity contribution in [2.75, 3.05) is 6.54 Å². The number of halogens is 1. The molecule has 19 heavy (non-hydrogen) atoms. The summed E-state index contributed by atoms with van der Waals surface area (Å²) in [5.41, 5.74) is 7.60. The highest BCUT2D eigenvalue weighted by molar-refractivity contribution is 5.79. The van der Waals surface area contributed by atoms with Crippen molar-refractivity contribution in [2.24, 2.45) is 10.9 Å². The molecule has 104 valence electrons. The van der Waals surface area contributed by atoms with Crippen LogP contribution in [0.4, 0.5) is 4.39 Å². The van der Waals surface area contributed by atoms with Crippen LogP contribution in [0.5, 0.6) is 0 Å². The number of benzene rings is 1. The van der Waals surface area contributed by atoms with Crippen LogP contribution in [0.1, 0.15) is 30.4 Å². The average Bonchev–Trinajstić information content (AvgIpc) is 3.22. The predicted molar refractivity (Wildman–Crippen MR) is 72.6 cm³/mol. The van der Waals surface area contributed by atoms with Crippen molar-refractivity contribution >= 4 is 5.84 Å². The van der Waals surface area contributed by atoms with Gasteiger partial charge in [0.25, 0.3) is 0 Å². The largest absolute Gasteiger partial charge is 0.409 e. The smallest absolute Gasteiger partial charge is 0.140 e. The van der Waals surface area contributed by atoms with Crippen LogP contribution in [-0.2, 0) is 6.54 Å². The lowest BCUT2D eigenvalue weighted by Gasteiger charge is -2.22. The Morgan fingerprint density at radius 2 is 2.26 bits per heavy atom. The van der Waals surface area contributed by atoms with Gasteiger partial charge in [0.1, 0.15) is 11.7 Å². The van der Waals surface area contributed by atoms with E-state index in [0.29, 0.717) is 19.0 Å². The molecule has 3 N–H and O–H groups in total. The number of aryl methyl sites for hydroxylation is 1. The van der Waals surface area contributed by atoms with Gasteiger partial charge in [0.2, 0.25) is 0 Å². The van der Waals surface area contributed by atoms with Crippen molar-refractivity contribution in [3.63, 3.8) is 0 Å². The first-order valence-corrected chi connectivity index (χ1v) is 6.55. The summed E-state index contributed by atoms with van der Waals surface area (Å²) in [5, 5.41) is 11.6. The minimum Gasteiger partial charge on any atom is -0.409 e. The third-order valence-electron chi connectivity index (χ3n) is 3.53. The topological polar surface area (TPSA) is 61.8 Å². The number of nitrogens with two attached hydrogens (primary N) is 1. The second kappa shape index (κ2) is 6.02. The molecule has 0 unspecified atom stereocenters. The predicted octanol–water partition coefficient (Wildman–Crippen LogP) is 2.24. The summed E-state index contributed by atoms with van der Waals surface area (Å²) in [6.45, 7) is 3.44. The van der Waals surface area contributed by atoms with E-state index in [1.54, 1.807) is 12.1 Å². The van der Waals surface area contributed by atoms with Crippen molar-refractivity contribution < 1.29 is 9.60 Å². The Hall–Kier alpha value is -1.62. The minimum absolute atomic E-state index is 0.201. The summed E-state index contributed by atoms with van der Waals surface area (Å²) < 4.78 is 13.3. The first kappa shape index (κ1) is 13.8. The van der Waals surface area contributed by atoms with Gasteiger partial charge in [-0.15, -0.1) is 0 Å². The number of hydrogen-bond donors (Lipinski definition) is 2. The Balaban J connectivity index is 2.02. The van der Waals surface area contributed by atoms with Crippen molar-refractivity contribution in [1.29, 1.82) is 0 Å². The average molecular weight is 265 g/mol. The van der Waals surface area contributed by atoms with E-state index in [2.05, 4.69) is 10.1 Å². The summed E-state index contributed by atoms with van der Waals surface area (Å²) in [4.78, 5) is 2.28. The van der Waals surface area contributed by atoms with Crippen LogP contribution in [-0.4, -0.2) is 28.5 Å². The number of rotatable bonds is 6. The fraction of sp³-hybridized carbons (Fsp3) is 0.500. The zero-order chi connectivity index (χ0) is 13.8. The quantitative estimate of drug-likeness (QED) is 0.359. The van der Waals surface area contributed by atoms with Gasteiger partial charge in [0.15, 0.2) is 0 Å². The fourth-order valence-electron chi connectivity index (χ4n) is 2.17. The molecule has 0 atom stereocenters. The lowest BCUT2D eigenvalue weighted by atomic mass is 10.1. The van der Waals surface area contributed by atoms with Crippen LogP contribution in [0.15, 0.2) is 23.4 Å². The first-order chi connectivity index (χ1) is 9.10. The zero-order valence-electron chi connectivity index (χ0n) is 11.1. The van der Waals surface area contributed by atoms with Gasteiger partial charge < -0.3 is 10.9 Å². The molecule has 4 nitrogen and oxygen atoms in total. The standard InChI is InChI=1S/C14H20FN3O/c1-10-2-3-12(15)8-11(10)9-18(13-4-5-13)7-6-14(16)17-19/h2-3,8,13,19H,4-7,9H2,1H3,(H2,16,17). The molecule has 0 amide bonds. The van der Waals surface area contributed by atoms with E-state index >= 15 is 0 Å². The van der Waals surface area contributed by atoms with E-state index in [-0.39, 0.29) is 11.7 Å². The highest BCUT2D eigenvalue weighted by atomic mass is 19.1. The van der Waals surface area contributed by atoms with Crippen LogP contribution in [0.2, 0.25) is 0 Å². The van der Waals surface area contributed by atoms with Crippen LogP contribution < -0.4 is 5.73 Å². The van der Waals surface area contributed by atoms with Gasteiger partial charge in [0.05, 0.1) is 0 Å². The molecule has 0 bridgehead atoms. The van der Waals surface area contributed by atoms with Gasteiger partial charge in [0, 0.05) is 25.6 Å². The molecule has 1 saturated carbocycles. The number of amidine groups is 1. The summed E-state index contributed by atoms with van der Waals surface area (Å²) in [6, 6.07) is 5.43. The SMILES string of the molecule is Cc1ccc(F)cc1CN(CC/C(N)=N/O)C1CC1. The third kappa shape index (κ3) is 3.92. The Bertz CT molecular complexity index is 472. The zero-order valence-corrected chi connectivity index (χ0v) is 11.1. The van der Waals surface area contributed by atoms with Crippen molar-refractivity contribution in [3.8, 4) is 0 Å². The van der Waals surface area contributed by atoms with Crippen LogP contribution in [0.25, 0.3) is 0 Å². The fourth-order valence-corrected chi connectivity index (χ4v) is 2.17. The minimum atomic E-state index is -0.201. The van der Waals surface area contributed by atoms with Gasteiger partial charge >= 0.3 is 0 Å². The molecule has 0 aliphatic heterocycles. The molecule has 1 aromatic rings. The molecule has 5 heteroatoms. The highest BCUT2D eigenvalue weighted by Crippen LogP contribution is 2.29. The number of hydrogen-bond acceptors (Lipinski definition) is 3. The molecule has 1 aromatic carbocycles. The van der Waals surface area contributed by atoms with E-state index in [0.717, 1.165) is 17.7 Å². The third-order valence-corrected chi connectivity index (χ3v) is 3.53. The monoisotopic (exact) mass is 265 g/mol. The van der Waals surface area contributed by atoms with Gasteiger partial charge in [-0.25, -0.2) is 4.39 Å². The van der Waals surface area contributed by atoms with Crippen molar-refractivity contribution in [3.05, 3.63) is 35.1 Å². The van der Waals surface area contributed by atoms with Gasteiger partial charge in [-0.1, -0.05) is 11.2 Å². The Kier molecular flexibility index (Phi) is 4.37. The second-order valence-electron chi connectivity index (χ2n) is 5.11. The highest BCUT2D eigenvalue weighted by Gasteiger charge is 2.29. The summed E-state index contributed by atoms with van der Waals surface area (Å²) in [6.07, 6.45) is 2.87. The summed E-state index contributed by atoms with van der Waals surface area (Å²) >= 11 is 0. The van der Waals surface area contributed by atoms with Crippen LogP contribution in [0.3, 0.4) is 0 Å². The lowest BCUT2D eigenvalue weighted by Crippen LogP contribution is -2.30. The maximum Gasteiger partial charge on any atom is 0.140 e. The van der Waals surface area contributed by atoms with E-state index in [1.807, 2.05) is 6.92 Å². The van der Waals surface area contributed by atoms with E-state index in [4.69, 9.17) is 10.9 Å². The Morgan fingerprint density at radius 3 is 2.89 bits per heavy atom. The van der Waals surface area contributed by atoms with E-state index < -0.39 is 0 Å². The molecule has 0 radical (unpaired) electrons. The van der Waals surface area contributed by atoms with Crippen LogP contribution >= 0.6 is 0 Å². The molecule has 0 saturated heterocycles. The number of oxime groups is 1. The molecule has 2 rings (SSSR count). The maximum atomic E-state index is 13.3. The summed E-state index contributed by atoms with van der Waals surface area (Å²) in [5.74, 6) is 0.0365. The summed E-state index contributed by atoms with van der Waals surface area (Å²) in [7, 11) is 0. The first-order valence-electron chi connectivity index (χ1n) is 6.55. The molecule has 0 aromatic heterocycles. The maximum absolute atomic E-state index is 13.3. The van der Waals surface area contributed by atoms with Crippen LogP contribution in [0, 0.1) is 12.7 Å². The molecule has 1 aliphatic carbocycles. The van der Waals surface area contributed by atoms with E-state index in [9.17, 15) is 4.39 Å². The van der Waals surface area contributed by atoms with Crippen molar-refractivity contribution in [1.82, 2.24) is 4.90 Å². The second-order valence-corrected chi connectivity index (χ2v) is 5.11. The molecule has 1 fully saturated rings. The molecule has 0 heterocycles. The molecular formula is C14H20FN3O.